The molecule has 0 aromatic carbocycles. The van der Waals surface area contributed by atoms with Gasteiger partial charge >= 0.3 is 11.9 Å². The number of rotatable bonds is 5. The molecule has 2 fully saturated rings. The Balaban J connectivity index is 1.85. The van der Waals surface area contributed by atoms with Crippen molar-refractivity contribution in [3.63, 3.8) is 0 Å². The SMILES string of the molecule is CCOC(=O)CCC1CNC2CCC(C(=O)O)CC12. The van der Waals surface area contributed by atoms with Gasteiger partial charge in [-0.15, -0.1) is 0 Å². The summed E-state index contributed by atoms with van der Waals surface area (Å²) in [5.41, 5.74) is 0. The Bertz CT molecular complexity index is 344. The lowest BCUT2D eigenvalue weighted by Crippen LogP contribution is -2.36. The summed E-state index contributed by atoms with van der Waals surface area (Å²) in [7, 11) is 0. The van der Waals surface area contributed by atoms with Gasteiger partial charge in [0.05, 0.1) is 12.5 Å². The molecular weight excluding hydrogens is 246 g/mol. The number of carbonyl (C=O) groups excluding carboxylic acids is 1. The van der Waals surface area contributed by atoms with Gasteiger partial charge in [0, 0.05) is 12.5 Å². The molecule has 2 rings (SSSR count). The smallest absolute Gasteiger partial charge is 0.306 e. The number of hydrogen-bond donors (Lipinski definition) is 2. The summed E-state index contributed by atoms with van der Waals surface area (Å²) < 4.78 is 4.94. The van der Waals surface area contributed by atoms with Crippen LogP contribution < -0.4 is 5.32 Å². The zero-order chi connectivity index (χ0) is 13.8. The topological polar surface area (TPSA) is 75.6 Å². The molecule has 0 spiro atoms. The molecule has 4 atom stereocenters. The van der Waals surface area contributed by atoms with E-state index in [0.717, 1.165) is 32.2 Å². The second-order valence-electron chi connectivity index (χ2n) is 5.63. The number of carboxylic acid groups (broad SMARTS) is 1. The number of ether oxygens (including phenoxy) is 1. The predicted molar refractivity (Wildman–Crippen MR) is 69.6 cm³/mol. The lowest BCUT2D eigenvalue weighted by Gasteiger charge is -2.32. The fourth-order valence-electron chi connectivity index (χ4n) is 3.51. The van der Waals surface area contributed by atoms with Crippen LogP contribution in [0.1, 0.15) is 39.0 Å². The van der Waals surface area contributed by atoms with Crippen molar-refractivity contribution in [3.8, 4) is 0 Å². The number of carbonyl (C=O) groups is 2. The van der Waals surface area contributed by atoms with Crippen LogP contribution in [0.2, 0.25) is 0 Å². The molecule has 0 radical (unpaired) electrons. The molecule has 0 aromatic rings. The van der Waals surface area contributed by atoms with Gasteiger partial charge in [-0.2, -0.15) is 0 Å². The van der Waals surface area contributed by atoms with Gasteiger partial charge in [0.15, 0.2) is 0 Å². The quantitative estimate of drug-likeness (QED) is 0.738. The van der Waals surface area contributed by atoms with Crippen molar-refractivity contribution in [3.05, 3.63) is 0 Å². The molecule has 1 aliphatic heterocycles. The molecular formula is C14H23NO4. The van der Waals surface area contributed by atoms with Gasteiger partial charge in [0.25, 0.3) is 0 Å². The minimum Gasteiger partial charge on any atom is -0.481 e. The number of nitrogens with one attached hydrogen (secondary N) is 1. The summed E-state index contributed by atoms with van der Waals surface area (Å²) in [6, 6.07) is 0.447. The van der Waals surface area contributed by atoms with Gasteiger partial charge in [-0.25, -0.2) is 0 Å². The van der Waals surface area contributed by atoms with Crippen molar-refractivity contribution >= 4 is 11.9 Å². The van der Waals surface area contributed by atoms with E-state index < -0.39 is 5.97 Å². The molecule has 1 saturated heterocycles. The molecule has 5 heteroatoms. The highest BCUT2D eigenvalue weighted by atomic mass is 16.5. The van der Waals surface area contributed by atoms with E-state index in [1.54, 1.807) is 0 Å². The van der Waals surface area contributed by atoms with E-state index in [4.69, 9.17) is 9.84 Å². The maximum atomic E-state index is 11.4. The van der Waals surface area contributed by atoms with Crippen molar-refractivity contribution in [2.24, 2.45) is 17.8 Å². The predicted octanol–water partition coefficient (Wildman–Crippen LogP) is 1.42. The van der Waals surface area contributed by atoms with Crippen LogP contribution in [0.5, 0.6) is 0 Å². The molecule has 4 unspecified atom stereocenters. The number of fused-ring (bicyclic) bond motifs is 1. The molecule has 108 valence electrons. The van der Waals surface area contributed by atoms with Gasteiger partial charge in [-0.1, -0.05) is 0 Å². The molecule has 2 aliphatic rings. The highest BCUT2D eigenvalue weighted by Crippen LogP contribution is 2.39. The first kappa shape index (κ1) is 14.3. The van der Waals surface area contributed by atoms with Crippen molar-refractivity contribution < 1.29 is 19.4 Å². The van der Waals surface area contributed by atoms with Crippen molar-refractivity contribution in [2.75, 3.05) is 13.2 Å². The Hall–Kier alpha value is -1.10. The minimum absolute atomic E-state index is 0.142. The van der Waals surface area contributed by atoms with E-state index in [0.29, 0.717) is 30.9 Å². The number of carboxylic acids is 1. The molecule has 0 aromatic heterocycles. The van der Waals surface area contributed by atoms with Crippen LogP contribution in [0, 0.1) is 17.8 Å². The number of esters is 1. The Morgan fingerprint density at radius 2 is 2.16 bits per heavy atom. The fraction of sp³-hybridized carbons (Fsp3) is 0.857. The van der Waals surface area contributed by atoms with E-state index in [2.05, 4.69) is 5.32 Å². The number of aliphatic carboxylic acids is 1. The largest absolute Gasteiger partial charge is 0.481 e. The molecule has 0 bridgehead atoms. The van der Waals surface area contributed by atoms with Gasteiger partial charge < -0.3 is 15.2 Å². The Morgan fingerprint density at radius 3 is 2.84 bits per heavy atom. The van der Waals surface area contributed by atoms with Crippen LogP contribution >= 0.6 is 0 Å². The Kier molecular flexibility index (Phi) is 4.80. The van der Waals surface area contributed by atoms with E-state index in [-0.39, 0.29) is 11.9 Å². The van der Waals surface area contributed by atoms with Crippen molar-refractivity contribution in [1.82, 2.24) is 5.32 Å². The van der Waals surface area contributed by atoms with E-state index in [1.165, 1.54) is 0 Å². The second-order valence-corrected chi connectivity index (χ2v) is 5.63. The van der Waals surface area contributed by atoms with Gasteiger partial charge in [0.1, 0.15) is 0 Å². The van der Waals surface area contributed by atoms with Gasteiger partial charge in [-0.3, -0.25) is 9.59 Å². The summed E-state index contributed by atoms with van der Waals surface area (Å²) in [5.74, 6) is -0.196. The van der Waals surface area contributed by atoms with Gasteiger partial charge in [0.2, 0.25) is 0 Å². The third-order valence-electron chi connectivity index (χ3n) is 4.52. The average Bonchev–Trinajstić information content (AvgIpc) is 2.79. The van der Waals surface area contributed by atoms with Gasteiger partial charge in [-0.05, 0) is 51.0 Å². The van der Waals surface area contributed by atoms with Crippen molar-refractivity contribution in [1.29, 1.82) is 0 Å². The molecule has 19 heavy (non-hydrogen) atoms. The molecule has 1 aliphatic carbocycles. The van der Waals surface area contributed by atoms with Crippen LogP contribution in [-0.4, -0.2) is 36.2 Å². The maximum Gasteiger partial charge on any atom is 0.306 e. The first-order valence-electron chi connectivity index (χ1n) is 7.23. The first-order chi connectivity index (χ1) is 9.11. The fourth-order valence-corrected chi connectivity index (χ4v) is 3.51. The van der Waals surface area contributed by atoms with Crippen molar-refractivity contribution in [2.45, 2.75) is 45.1 Å². The average molecular weight is 269 g/mol. The standard InChI is InChI=1S/C14H23NO4/c1-2-19-13(16)6-4-10-8-15-12-5-3-9(14(17)18)7-11(10)12/h9-12,15H,2-8H2,1H3,(H,17,18). The van der Waals surface area contributed by atoms with E-state index in [1.807, 2.05) is 6.92 Å². The van der Waals surface area contributed by atoms with E-state index >= 15 is 0 Å². The third kappa shape index (κ3) is 3.47. The first-order valence-corrected chi connectivity index (χ1v) is 7.23. The zero-order valence-electron chi connectivity index (χ0n) is 11.4. The summed E-state index contributed by atoms with van der Waals surface area (Å²) in [6.45, 7) is 3.14. The molecule has 1 heterocycles. The molecule has 1 saturated carbocycles. The van der Waals surface area contributed by atoms with Crippen LogP contribution in [0.4, 0.5) is 0 Å². The Morgan fingerprint density at radius 1 is 1.37 bits per heavy atom. The maximum absolute atomic E-state index is 11.4. The second kappa shape index (κ2) is 6.37. The highest BCUT2D eigenvalue weighted by molar-refractivity contribution is 5.70. The summed E-state index contributed by atoms with van der Waals surface area (Å²) >= 11 is 0. The summed E-state index contributed by atoms with van der Waals surface area (Å²) in [4.78, 5) is 22.5. The monoisotopic (exact) mass is 269 g/mol. The van der Waals surface area contributed by atoms with Crippen LogP contribution in [0.15, 0.2) is 0 Å². The van der Waals surface area contributed by atoms with Crippen LogP contribution in [0.25, 0.3) is 0 Å². The molecule has 5 nitrogen and oxygen atoms in total. The Labute approximate surface area is 113 Å². The lowest BCUT2D eigenvalue weighted by molar-refractivity contribution is -0.145. The third-order valence-corrected chi connectivity index (χ3v) is 4.52. The summed E-state index contributed by atoms with van der Waals surface area (Å²) in [6.07, 6.45) is 3.71. The lowest BCUT2D eigenvalue weighted by atomic mass is 9.73. The van der Waals surface area contributed by atoms with Crippen LogP contribution in [0.3, 0.4) is 0 Å². The number of hydrogen-bond acceptors (Lipinski definition) is 4. The van der Waals surface area contributed by atoms with Crippen LogP contribution in [-0.2, 0) is 14.3 Å². The highest BCUT2D eigenvalue weighted by Gasteiger charge is 2.41. The molecule has 2 N–H and O–H groups in total. The van der Waals surface area contributed by atoms with E-state index in [9.17, 15) is 9.59 Å². The zero-order valence-corrected chi connectivity index (χ0v) is 11.4. The minimum atomic E-state index is -0.672. The normalized spacial score (nSPS) is 33.7. The molecule has 0 amide bonds. The summed E-state index contributed by atoms with van der Waals surface area (Å²) in [5, 5.41) is 12.6.